The maximum Gasteiger partial charge on any atom is 0.263 e. The molecule has 0 radical (unpaired) electrons. The molecule has 24 heavy (non-hydrogen) atoms. The van der Waals surface area contributed by atoms with Crippen molar-refractivity contribution < 1.29 is 17.9 Å². The van der Waals surface area contributed by atoms with Gasteiger partial charge in [0.15, 0.2) is 0 Å². The van der Waals surface area contributed by atoms with E-state index in [2.05, 4.69) is 15.0 Å². The molecule has 1 amide bonds. The van der Waals surface area contributed by atoms with E-state index in [4.69, 9.17) is 16.3 Å². The van der Waals surface area contributed by atoms with Gasteiger partial charge < -0.3 is 10.1 Å². The fourth-order valence-corrected chi connectivity index (χ4v) is 3.60. The van der Waals surface area contributed by atoms with Gasteiger partial charge in [0.2, 0.25) is 5.88 Å². The Morgan fingerprint density at radius 3 is 2.79 bits per heavy atom. The molecule has 0 saturated heterocycles. The van der Waals surface area contributed by atoms with Gasteiger partial charge in [-0.2, -0.15) is 0 Å². The predicted molar refractivity (Wildman–Crippen MR) is 88.8 cm³/mol. The molecular weight excluding hydrogens is 354 g/mol. The maximum absolute atomic E-state index is 12.5. The number of amides is 1. The third-order valence-electron chi connectivity index (χ3n) is 3.46. The average molecular weight is 368 g/mol. The fourth-order valence-electron chi connectivity index (χ4n) is 2.36. The molecular formula is C15H14ClN3O4S. The lowest BCUT2D eigenvalue weighted by Gasteiger charge is -2.12. The van der Waals surface area contributed by atoms with Crippen molar-refractivity contribution in [2.24, 2.45) is 0 Å². The summed E-state index contributed by atoms with van der Waals surface area (Å²) >= 11 is 6.05. The van der Waals surface area contributed by atoms with Crippen LogP contribution in [0.15, 0.2) is 35.4 Å². The number of hydrogen-bond donors (Lipinski definition) is 2. The Bertz CT molecular complexity index is 898. The molecule has 9 heteroatoms. The van der Waals surface area contributed by atoms with E-state index in [1.807, 2.05) is 0 Å². The quantitative estimate of drug-likeness (QED) is 0.844. The van der Waals surface area contributed by atoms with Gasteiger partial charge in [0.25, 0.3) is 15.9 Å². The predicted octanol–water partition coefficient (Wildman–Crippen LogP) is 2.18. The molecule has 0 aliphatic carbocycles. The second-order valence-electron chi connectivity index (χ2n) is 5.00. The van der Waals surface area contributed by atoms with E-state index >= 15 is 0 Å². The first-order valence-electron chi connectivity index (χ1n) is 7.13. The molecule has 2 aromatic rings. The molecule has 0 saturated carbocycles. The highest BCUT2D eigenvalue weighted by Crippen LogP contribution is 2.31. The van der Waals surface area contributed by atoms with Gasteiger partial charge >= 0.3 is 0 Å². The van der Waals surface area contributed by atoms with Gasteiger partial charge in [-0.3, -0.25) is 9.52 Å². The van der Waals surface area contributed by atoms with Crippen LogP contribution in [-0.2, 0) is 16.6 Å². The topological polar surface area (TPSA) is 97.4 Å². The van der Waals surface area contributed by atoms with Crippen LogP contribution in [0.1, 0.15) is 22.8 Å². The Hall–Kier alpha value is -2.32. The minimum absolute atomic E-state index is 0.0342. The number of anilines is 1. The van der Waals surface area contributed by atoms with Gasteiger partial charge in [-0.1, -0.05) is 11.6 Å². The number of rotatable bonds is 5. The Balaban J connectivity index is 1.93. The Labute approximate surface area is 144 Å². The number of carbonyl (C=O) groups excluding carboxylic acids is 1. The Morgan fingerprint density at radius 1 is 1.33 bits per heavy atom. The minimum atomic E-state index is -3.89. The van der Waals surface area contributed by atoms with E-state index < -0.39 is 10.0 Å². The van der Waals surface area contributed by atoms with Crippen LogP contribution < -0.4 is 14.8 Å². The fraction of sp³-hybridized carbons (Fsp3) is 0.200. The van der Waals surface area contributed by atoms with Gasteiger partial charge in [-0.25, -0.2) is 13.4 Å². The molecule has 0 atom stereocenters. The number of sulfonamides is 1. The first-order valence-corrected chi connectivity index (χ1v) is 8.99. The van der Waals surface area contributed by atoms with Crippen molar-refractivity contribution in [3.63, 3.8) is 0 Å². The van der Waals surface area contributed by atoms with Crippen LogP contribution in [0.5, 0.6) is 5.88 Å². The number of fused-ring (bicyclic) bond motifs is 1. The van der Waals surface area contributed by atoms with Crippen LogP contribution in [0.25, 0.3) is 0 Å². The third-order valence-corrected chi connectivity index (χ3v) is 5.17. The van der Waals surface area contributed by atoms with Crippen LogP contribution in [0.3, 0.4) is 0 Å². The summed E-state index contributed by atoms with van der Waals surface area (Å²) in [6.07, 6.45) is 1.20. The summed E-state index contributed by atoms with van der Waals surface area (Å²) in [6.45, 7) is 2.51. The van der Waals surface area contributed by atoms with E-state index in [0.29, 0.717) is 23.1 Å². The summed E-state index contributed by atoms with van der Waals surface area (Å²) in [7, 11) is -3.89. The van der Waals surface area contributed by atoms with E-state index in [1.165, 1.54) is 24.4 Å². The first-order chi connectivity index (χ1) is 11.4. The standard InChI is InChI=1S/C15H14ClN3O4S/c1-2-23-13-6-3-9(7-17-13)24(21,22)19-12-5-4-11(16)10-8-18-15(20)14(10)12/h3-7,19H,2,8H2,1H3,(H,18,20). The molecule has 0 bridgehead atoms. The zero-order valence-electron chi connectivity index (χ0n) is 12.7. The number of ether oxygens (including phenoxy) is 1. The van der Waals surface area contributed by atoms with Crippen molar-refractivity contribution in [3.05, 3.63) is 46.6 Å². The number of nitrogens with zero attached hydrogens (tertiary/aromatic N) is 1. The highest BCUT2D eigenvalue weighted by atomic mass is 35.5. The normalized spacial score (nSPS) is 13.3. The van der Waals surface area contributed by atoms with Gasteiger partial charge in [0.05, 0.1) is 24.1 Å². The zero-order chi connectivity index (χ0) is 17.3. The van der Waals surface area contributed by atoms with E-state index in [1.54, 1.807) is 13.0 Å². The first kappa shape index (κ1) is 16.5. The summed E-state index contributed by atoms with van der Waals surface area (Å²) in [5.41, 5.74) is 0.995. The second kappa shape index (κ2) is 6.29. The van der Waals surface area contributed by atoms with Crippen molar-refractivity contribution in [3.8, 4) is 5.88 Å². The van der Waals surface area contributed by atoms with E-state index in [9.17, 15) is 13.2 Å². The largest absolute Gasteiger partial charge is 0.478 e. The Kier molecular flexibility index (Phi) is 4.33. The van der Waals surface area contributed by atoms with E-state index in [-0.39, 0.29) is 28.6 Å². The van der Waals surface area contributed by atoms with Gasteiger partial charge in [0, 0.05) is 23.2 Å². The number of carbonyl (C=O) groups is 1. The molecule has 0 fully saturated rings. The molecule has 1 aromatic carbocycles. The highest BCUT2D eigenvalue weighted by molar-refractivity contribution is 7.92. The maximum atomic E-state index is 12.5. The summed E-state index contributed by atoms with van der Waals surface area (Å²) in [5, 5.41) is 3.04. The summed E-state index contributed by atoms with van der Waals surface area (Å²) in [5.74, 6) is -0.0294. The SMILES string of the molecule is CCOc1ccc(S(=O)(=O)Nc2ccc(Cl)c3c2C(=O)NC3)cn1. The molecule has 1 aliphatic heterocycles. The second-order valence-corrected chi connectivity index (χ2v) is 7.09. The smallest absolute Gasteiger partial charge is 0.263 e. The number of nitrogens with one attached hydrogen (secondary N) is 2. The molecule has 126 valence electrons. The lowest BCUT2D eigenvalue weighted by molar-refractivity contribution is 0.0966. The monoisotopic (exact) mass is 367 g/mol. The van der Waals surface area contributed by atoms with Gasteiger partial charge in [-0.15, -0.1) is 0 Å². The van der Waals surface area contributed by atoms with Crippen LogP contribution in [0.4, 0.5) is 5.69 Å². The van der Waals surface area contributed by atoms with Crippen LogP contribution in [0.2, 0.25) is 5.02 Å². The summed E-state index contributed by atoms with van der Waals surface area (Å²) in [6, 6.07) is 5.87. The van der Waals surface area contributed by atoms with Crippen LogP contribution in [0, 0.1) is 0 Å². The molecule has 0 unspecified atom stereocenters. The third kappa shape index (κ3) is 3.02. The van der Waals surface area contributed by atoms with Gasteiger partial charge in [-0.05, 0) is 25.1 Å². The number of hydrogen-bond acceptors (Lipinski definition) is 5. The molecule has 2 N–H and O–H groups in total. The van der Waals surface area contributed by atoms with Crippen molar-refractivity contribution in [1.29, 1.82) is 0 Å². The molecule has 7 nitrogen and oxygen atoms in total. The molecule has 2 heterocycles. The van der Waals surface area contributed by atoms with Gasteiger partial charge in [0.1, 0.15) is 4.90 Å². The van der Waals surface area contributed by atoms with Crippen molar-refractivity contribution in [1.82, 2.24) is 10.3 Å². The van der Waals surface area contributed by atoms with Crippen molar-refractivity contribution in [2.45, 2.75) is 18.4 Å². The highest BCUT2D eigenvalue weighted by Gasteiger charge is 2.27. The zero-order valence-corrected chi connectivity index (χ0v) is 14.2. The number of aromatic nitrogens is 1. The van der Waals surface area contributed by atoms with Crippen LogP contribution >= 0.6 is 11.6 Å². The molecule has 1 aliphatic rings. The summed E-state index contributed by atoms with van der Waals surface area (Å²) < 4.78 is 32.6. The van der Waals surface area contributed by atoms with Crippen molar-refractivity contribution in [2.75, 3.05) is 11.3 Å². The minimum Gasteiger partial charge on any atom is -0.478 e. The molecule has 0 spiro atoms. The lowest BCUT2D eigenvalue weighted by Crippen LogP contribution is -2.18. The lowest BCUT2D eigenvalue weighted by atomic mass is 10.1. The summed E-state index contributed by atoms with van der Waals surface area (Å²) in [4.78, 5) is 15.8. The number of halogens is 1. The molecule has 1 aromatic heterocycles. The van der Waals surface area contributed by atoms with Crippen molar-refractivity contribution >= 4 is 33.2 Å². The average Bonchev–Trinajstić information content (AvgIpc) is 2.94. The van der Waals surface area contributed by atoms with E-state index in [0.717, 1.165) is 0 Å². The number of benzene rings is 1. The van der Waals surface area contributed by atoms with Crippen LogP contribution in [-0.4, -0.2) is 25.9 Å². The Morgan fingerprint density at radius 2 is 2.12 bits per heavy atom. The molecule has 3 rings (SSSR count). The number of pyridine rings is 1.